The number of nitrogens with zero attached hydrogens (tertiary/aromatic N) is 1. The minimum absolute atomic E-state index is 0. The van der Waals surface area contributed by atoms with E-state index < -0.39 is 0 Å². The van der Waals surface area contributed by atoms with Crippen LogP contribution < -0.4 is 15.5 Å². The highest BCUT2D eigenvalue weighted by Gasteiger charge is 2.22. The van der Waals surface area contributed by atoms with Crippen LogP contribution in [0.1, 0.15) is 18.4 Å². The molecule has 1 aromatic carbocycles. The van der Waals surface area contributed by atoms with Crippen LogP contribution >= 0.6 is 12.4 Å². The van der Waals surface area contributed by atoms with Gasteiger partial charge in [-0.25, -0.2) is 0 Å². The molecule has 4 nitrogen and oxygen atoms in total. The van der Waals surface area contributed by atoms with Gasteiger partial charge in [-0.3, -0.25) is 4.79 Å². The molecule has 0 atom stereocenters. The average molecular weight is 296 g/mol. The van der Waals surface area contributed by atoms with Crippen molar-refractivity contribution in [3.63, 3.8) is 0 Å². The number of amides is 1. The molecule has 0 spiro atoms. The molecule has 0 saturated heterocycles. The summed E-state index contributed by atoms with van der Waals surface area (Å²) in [5.74, 6) is 0.880. The maximum absolute atomic E-state index is 12.0. The monoisotopic (exact) mass is 295 g/mol. The maximum atomic E-state index is 12.0. The quantitative estimate of drug-likeness (QED) is 0.886. The van der Waals surface area contributed by atoms with Crippen LogP contribution in [0.4, 0.5) is 5.69 Å². The number of nitrogens with one attached hydrogen (secondary N) is 2. The molecule has 2 N–H and O–H groups in total. The van der Waals surface area contributed by atoms with Gasteiger partial charge in [0.1, 0.15) is 0 Å². The maximum Gasteiger partial charge on any atom is 0.239 e. The third kappa shape index (κ3) is 3.87. The van der Waals surface area contributed by atoms with Gasteiger partial charge in [0.05, 0.1) is 6.54 Å². The zero-order valence-corrected chi connectivity index (χ0v) is 12.4. The predicted octanol–water partition coefficient (Wildman–Crippen LogP) is 1.54. The first-order valence-corrected chi connectivity index (χ1v) is 7.13. The summed E-state index contributed by atoms with van der Waals surface area (Å²) in [7, 11) is 0. The standard InChI is InChI=1S/C15H21N3O.ClH/c19-15(17-9-12-5-6-12)11-18-8-7-16-10-13-3-1-2-4-14(13)18;/h1-4,12,16H,5-11H2,(H,17,19);1H. The normalized spacial score (nSPS) is 17.7. The smallest absolute Gasteiger partial charge is 0.239 e. The van der Waals surface area contributed by atoms with Crippen molar-refractivity contribution >= 4 is 24.0 Å². The Labute approximate surface area is 126 Å². The zero-order chi connectivity index (χ0) is 13.1. The van der Waals surface area contributed by atoms with Crippen LogP contribution in [0.2, 0.25) is 0 Å². The van der Waals surface area contributed by atoms with Gasteiger partial charge in [0.2, 0.25) is 5.91 Å². The molecular formula is C15H22ClN3O. The summed E-state index contributed by atoms with van der Waals surface area (Å²) < 4.78 is 0. The van der Waals surface area contributed by atoms with Gasteiger partial charge in [0.25, 0.3) is 0 Å². The Hall–Kier alpha value is -1.26. The average Bonchev–Trinajstić information content (AvgIpc) is 3.24. The van der Waals surface area contributed by atoms with Gasteiger partial charge in [-0.1, -0.05) is 18.2 Å². The lowest BCUT2D eigenvalue weighted by atomic mass is 10.1. The number of hydrogen-bond donors (Lipinski definition) is 2. The van der Waals surface area contributed by atoms with Crippen LogP contribution in [0.3, 0.4) is 0 Å². The Morgan fingerprint density at radius 1 is 1.35 bits per heavy atom. The van der Waals surface area contributed by atoms with E-state index in [1.54, 1.807) is 0 Å². The molecule has 1 aliphatic heterocycles. The van der Waals surface area contributed by atoms with Gasteiger partial charge in [0, 0.05) is 31.9 Å². The van der Waals surface area contributed by atoms with Gasteiger partial charge in [-0.2, -0.15) is 0 Å². The molecular weight excluding hydrogens is 274 g/mol. The highest BCUT2D eigenvalue weighted by molar-refractivity contribution is 5.85. The second-order valence-electron chi connectivity index (χ2n) is 5.47. The molecule has 0 radical (unpaired) electrons. The van der Waals surface area contributed by atoms with Crippen LogP contribution in [0.5, 0.6) is 0 Å². The summed E-state index contributed by atoms with van der Waals surface area (Å²) in [6.45, 7) is 4.01. The van der Waals surface area contributed by atoms with Crippen LogP contribution in [0.25, 0.3) is 0 Å². The number of benzene rings is 1. The van der Waals surface area contributed by atoms with E-state index in [0.29, 0.717) is 6.54 Å². The molecule has 20 heavy (non-hydrogen) atoms. The highest BCUT2D eigenvalue weighted by atomic mass is 35.5. The molecule has 3 rings (SSSR count). The first-order chi connectivity index (χ1) is 9.33. The van der Waals surface area contributed by atoms with Gasteiger partial charge >= 0.3 is 0 Å². The first kappa shape index (κ1) is 15.1. The van der Waals surface area contributed by atoms with Gasteiger partial charge in [0.15, 0.2) is 0 Å². The topological polar surface area (TPSA) is 44.4 Å². The number of anilines is 1. The van der Waals surface area contributed by atoms with Crippen LogP contribution in [0, 0.1) is 5.92 Å². The Bertz CT molecular complexity index is 462. The fraction of sp³-hybridized carbons (Fsp3) is 0.533. The molecule has 1 aliphatic carbocycles. The summed E-state index contributed by atoms with van der Waals surface area (Å²) in [5, 5.41) is 6.44. The minimum atomic E-state index is 0. The lowest BCUT2D eigenvalue weighted by Crippen LogP contribution is -2.39. The van der Waals surface area contributed by atoms with Crippen molar-refractivity contribution in [1.82, 2.24) is 10.6 Å². The van der Waals surface area contributed by atoms with Crippen molar-refractivity contribution in [1.29, 1.82) is 0 Å². The van der Waals surface area contributed by atoms with Gasteiger partial charge in [-0.15, -0.1) is 12.4 Å². The number of hydrogen-bond acceptors (Lipinski definition) is 3. The minimum Gasteiger partial charge on any atom is -0.361 e. The summed E-state index contributed by atoms with van der Waals surface area (Å²) in [5.41, 5.74) is 2.46. The Balaban J connectivity index is 0.00000147. The van der Waals surface area contributed by atoms with E-state index in [2.05, 4.69) is 33.7 Å². The first-order valence-electron chi connectivity index (χ1n) is 7.13. The van der Waals surface area contributed by atoms with E-state index in [9.17, 15) is 4.79 Å². The van der Waals surface area contributed by atoms with Crippen molar-refractivity contribution < 1.29 is 4.79 Å². The van der Waals surface area contributed by atoms with Crippen LogP contribution in [-0.2, 0) is 11.3 Å². The molecule has 1 amide bonds. The summed E-state index contributed by atoms with van der Waals surface area (Å²) in [4.78, 5) is 14.2. The molecule has 5 heteroatoms. The zero-order valence-electron chi connectivity index (χ0n) is 11.6. The van der Waals surface area contributed by atoms with E-state index in [1.807, 2.05) is 6.07 Å². The Morgan fingerprint density at radius 2 is 2.15 bits per heavy atom. The fourth-order valence-electron chi connectivity index (χ4n) is 2.50. The van der Waals surface area contributed by atoms with E-state index in [-0.39, 0.29) is 18.3 Å². The highest BCUT2D eigenvalue weighted by Crippen LogP contribution is 2.27. The van der Waals surface area contributed by atoms with Crippen molar-refractivity contribution in [3.8, 4) is 0 Å². The number of carbonyl (C=O) groups excluding carboxylic acids is 1. The molecule has 1 heterocycles. The molecule has 0 unspecified atom stereocenters. The SMILES string of the molecule is Cl.O=C(CN1CCNCc2ccccc21)NCC1CC1. The number of fused-ring (bicyclic) bond motifs is 1. The van der Waals surface area contributed by atoms with Gasteiger partial charge in [-0.05, 0) is 30.4 Å². The third-order valence-corrected chi connectivity index (χ3v) is 3.83. The number of halogens is 1. The number of carbonyl (C=O) groups is 1. The second kappa shape index (κ2) is 6.95. The number of rotatable bonds is 4. The van der Waals surface area contributed by atoms with Crippen molar-refractivity contribution in [2.75, 3.05) is 31.1 Å². The van der Waals surface area contributed by atoms with Crippen LogP contribution in [0.15, 0.2) is 24.3 Å². The fourth-order valence-corrected chi connectivity index (χ4v) is 2.50. The molecule has 1 fully saturated rings. The van der Waals surface area contributed by atoms with E-state index >= 15 is 0 Å². The molecule has 110 valence electrons. The van der Waals surface area contributed by atoms with Crippen molar-refractivity contribution in [2.45, 2.75) is 19.4 Å². The molecule has 0 aromatic heterocycles. The Kier molecular flexibility index (Phi) is 5.26. The Morgan fingerprint density at radius 3 is 2.95 bits per heavy atom. The third-order valence-electron chi connectivity index (χ3n) is 3.83. The predicted molar refractivity (Wildman–Crippen MR) is 83.3 cm³/mol. The van der Waals surface area contributed by atoms with E-state index in [1.165, 1.54) is 24.1 Å². The van der Waals surface area contributed by atoms with Crippen LogP contribution in [-0.4, -0.2) is 32.1 Å². The van der Waals surface area contributed by atoms with E-state index in [0.717, 1.165) is 32.1 Å². The summed E-state index contributed by atoms with van der Waals surface area (Å²) >= 11 is 0. The van der Waals surface area contributed by atoms with E-state index in [4.69, 9.17) is 0 Å². The lowest BCUT2D eigenvalue weighted by Gasteiger charge is -2.23. The summed E-state index contributed by atoms with van der Waals surface area (Å²) in [6, 6.07) is 8.33. The summed E-state index contributed by atoms with van der Waals surface area (Å²) in [6.07, 6.45) is 2.55. The molecule has 1 aromatic rings. The lowest BCUT2D eigenvalue weighted by molar-refractivity contribution is -0.119. The number of para-hydroxylation sites is 1. The molecule has 1 saturated carbocycles. The molecule has 0 bridgehead atoms. The van der Waals surface area contributed by atoms with Gasteiger partial charge < -0.3 is 15.5 Å². The van der Waals surface area contributed by atoms with Crippen molar-refractivity contribution in [3.05, 3.63) is 29.8 Å². The molecule has 2 aliphatic rings. The second-order valence-corrected chi connectivity index (χ2v) is 5.47. The van der Waals surface area contributed by atoms with Crippen molar-refractivity contribution in [2.24, 2.45) is 5.92 Å². The largest absolute Gasteiger partial charge is 0.361 e.